The Morgan fingerprint density at radius 2 is 1.52 bits per heavy atom. The van der Waals surface area contributed by atoms with Gasteiger partial charge in [0.2, 0.25) is 0 Å². The van der Waals surface area contributed by atoms with Crippen LogP contribution in [-0.2, 0) is 11.1 Å². The van der Waals surface area contributed by atoms with Gasteiger partial charge in [0, 0.05) is 6.07 Å². The topological polar surface area (TPSA) is 55.8 Å². The molecule has 21 heavy (non-hydrogen) atoms. The Balaban J connectivity index is 2.89. The van der Waals surface area contributed by atoms with Crippen LogP contribution in [0.1, 0.15) is 0 Å². The molecule has 1 unspecified atom stereocenters. The Labute approximate surface area is 116 Å². The van der Waals surface area contributed by atoms with E-state index in [2.05, 4.69) is 9.47 Å². The van der Waals surface area contributed by atoms with Gasteiger partial charge < -0.3 is 14.0 Å². The molecule has 0 aliphatic heterocycles. The van der Waals surface area contributed by atoms with E-state index in [9.17, 15) is 30.6 Å². The monoisotopic (exact) mass is 338 g/mol. The van der Waals surface area contributed by atoms with Gasteiger partial charge in [0.05, 0.1) is 0 Å². The molecule has 4 nitrogen and oxygen atoms in total. The number of benzene rings is 1. The first-order valence-corrected chi connectivity index (χ1v) is 6.22. The van der Waals surface area contributed by atoms with Crippen molar-refractivity contribution < 1.29 is 44.6 Å². The minimum atomic E-state index is -4.67. The van der Waals surface area contributed by atoms with Gasteiger partial charge in [-0.3, -0.25) is 0 Å². The number of hydrogen-bond acceptors (Lipinski definition) is 3. The van der Waals surface area contributed by atoms with Gasteiger partial charge in [-0.25, -0.2) is 4.21 Å². The molecule has 0 spiro atoms. The van der Waals surface area contributed by atoms with Gasteiger partial charge in [0.15, 0.2) is 24.3 Å². The summed E-state index contributed by atoms with van der Waals surface area (Å²) < 4.78 is 100. The van der Waals surface area contributed by atoms with Crippen LogP contribution in [0, 0.1) is 0 Å². The van der Waals surface area contributed by atoms with Crippen LogP contribution < -0.4 is 9.47 Å². The zero-order valence-electron chi connectivity index (χ0n) is 9.99. The van der Waals surface area contributed by atoms with Gasteiger partial charge >= 0.3 is 12.4 Å². The highest BCUT2D eigenvalue weighted by Crippen LogP contribution is 2.29. The van der Waals surface area contributed by atoms with Crippen molar-refractivity contribution in [3.05, 3.63) is 18.2 Å². The highest BCUT2D eigenvalue weighted by Gasteiger charge is 2.30. The van der Waals surface area contributed by atoms with Gasteiger partial charge in [-0.2, -0.15) is 26.3 Å². The molecule has 0 bridgehead atoms. The lowest BCUT2D eigenvalue weighted by atomic mass is 10.3. The molecule has 0 heterocycles. The average molecular weight is 338 g/mol. The summed E-state index contributed by atoms with van der Waals surface area (Å²) in [7, 11) is 0. The zero-order chi connectivity index (χ0) is 16.3. The molecular weight excluding hydrogens is 330 g/mol. The van der Waals surface area contributed by atoms with Crippen LogP contribution in [0.3, 0.4) is 0 Å². The second kappa shape index (κ2) is 6.52. The summed E-state index contributed by atoms with van der Waals surface area (Å²) in [6.45, 7) is -3.35. The third-order valence-electron chi connectivity index (χ3n) is 1.90. The van der Waals surface area contributed by atoms with E-state index in [-0.39, 0.29) is 0 Å². The molecular formula is C10H8F6O4S. The third-order valence-corrected chi connectivity index (χ3v) is 2.59. The summed E-state index contributed by atoms with van der Waals surface area (Å²) in [6.07, 6.45) is -9.29. The first-order chi connectivity index (χ1) is 9.48. The van der Waals surface area contributed by atoms with Gasteiger partial charge in [-0.05, 0) is 12.1 Å². The van der Waals surface area contributed by atoms with Gasteiger partial charge in [-0.15, -0.1) is 0 Å². The summed E-state index contributed by atoms with van der Waals surface area (Å²) in [5.74, 6) is -1.00. The average Bonchev–Trinajstić information content (AvgIpc) is 2.32. The van der Waals surface area contributed by atoms with Crippen LogP contribution in [0.5, 0.6) is 11.5 Å². The molecule has 1 N–H and O–H groups in total. The van der Waals surface area contributed by atoms with Crippen molar-refractivity contribution >= 4 is 11.1 Å². The summed E-state index contributed by atoms with van der Waals surface area (Å²) in [5, 5.41) is 0. The highest BCUT2D eigenvalue weighted by atomic mass is 32.2. The molecule has 1 aromatic rings. The van der Waals surface area contributed by atoms with E-state index in [1.54, 1.807) is 0 Å². The Hall–Kier alpha value is -1.49. The number of alkyl halides is 6. The molecule has 0 saturated heterocycles. The van der Waals surface area contributed by atoms with Crippen LogP contribution >= 0.6 is 0 Å². The Morgan fingerprint density at radius 3 is 2.00 bits per heavy atom. The minimum absolute atomic E-state index is 0.427. The Bertz CT molecular complexity index is 513. The molecule has 1 aromatic carbocycles. The quantitative estimate of drug-likeness (QED) is 0.662. The molecule has 0 radical (unpaired) electrons. The summed E-state index contributed by atoms with van der Waals surface area (Å²) in [5.41, 5.74) is 0. The van der Waals surface area contributed by atoms with Crippen molar-refractivity contribution in [2.45, 2.75) is 17.2 Å². The SMILES string of the molecule is O=S(O)c1cc(OCC(F)(F)F)ccc1OCC(F)(F)F. The van der Waals surface area contributed by atoms with Crippen LogP contribution in [0.15, 0.2) is 23.1 Å². The normalized spacial score (nSPS) is 13.9. The zero-order valence-corrected chi connectivity index (χ0v) is 10.8. The second-order valence-corrected chi connectivity index (χ2v) is 4.60. The smallest absolute Gasteiger partial charge is 0.422 e. The lowest BCUT2D eigenvalue weighted by molar-refractivity contribution is -0.154. The molecule has 1 rings (SSSR count). The predicted molar refractivity (Wildman–Crippen MR) is 58.6 cm³/mol. The van der Waals surface area contributed by atoms with Crippen molar-refractivity contribution in [2.24, 2.45) is 0 Å². The summed E-state index contributed by atoms with van der Waals surface area (Å²) in [4.78, 5) is -0.626. The fourth-order valence-corrected chi connectivity index (χ4v) is 1.67. The lowest BCUT2D eigenvalue weighted by Crippen LogP contribution is -2.20. The van der Waals surface area contributed by atoms with E-state index in [1.807, 2.05) is 0 Å². The number of ether oxygens (including phenoxy) is 2. The van der Waals surface area contributed by atoms with Crippen molar-refractivity contribution in [2.75, 3.05) is 13.2 Å². The number of rotatable bonds is 5. The lowest BCUT2D eigenvalue weighted by Gasteiger charge is -2.13. The fraction of sp³-hybridized carbons (Fsp3) is 0.400. The summed E-state index contributed by atoms with van der Waals surface area (Å²) in [6, 6.07) is 2.42. The largest absolute Gasteiger partial charge is 0.484 e. The minimum Gasteiger partial charge on any atom is -0.484 e. The molecule has 120 valence electrons. The molecule has 0 aliphatic carbocycles. The van der Waals surface area contributed by atoms with Gasteiger partial charge in [0.1, 0.15) is 16.4 Å². The van der Waals surface area contributed by atoms with Gasteiger partial charge in [-0.1, -0.05) is 0 Å². The van der Waals surface area contributed by atoms with Crippen molar-refractivity contribution in [1.82, 2.24) is 0 Å². The molecule has 0 amide bonds. The molecule has 0 aliphatic rings. The number of hydrogen-bond donors (Lipinski definition) is 1. The number of halogens is 6. The van der Waals surface area contributed by atoms with Crippen molar-refractivity contribution in [3.8, 4) is 11.5 Å². The summed E-state index contributed by atoms with van der Waals surface area (Å²) >= 11 is -2.76. The van der Waals surface area contributed by atoms with Crippen LogP contribution in [-0.4, -0.2) is 34.3 Å². The maximum Gasteiger partial charge on any atom is 0.422 e. The standard InChI is InChI=1S/C10H8F6O4S/c11-9(12,13)4-19-6-1-2-7(8(3-6)21(17)18)20-5-10(14,15)16/h1-3H,4-5H2,(H,17,18). The molecule has 1 atom stereocenters. The fourth-order valence-electron chi connectivity index (χ4n) is 1.16. The van der Waals surface area contributed by atoms with E-state index in [4.69, 9.17) is 4.55 Å². The van der Waals surface area contributed by atoms with E-state index >= 15 is 0 Å². The maximum atomic E-state index is 12.0. The van der Waals surface area contributed by atoms with Crippen LogP contribution in [0.4, 0.5) is 26.3 Å². The molecule has 11 heteroatoms. The van der Waals surface area contributed by atoms with E-state index in [0.717, 1.165) is 12.1 Å². The first-order valence-electron chi connectivity index (χ1n) is 5.12. The molecule has 0 fully saturated rings. The van der Waals surface area contributed by atoms with Gasteiger partial charge in [0.25, 0.3) is 0 Å². The van der Waals surface area contributed by atoms with Crippen molar-refractivity contribution in [1.29, 1.82) is 0 Å². The first kappa shape index (κ1) is 17.6. The van der Waals surface area contributed by atoms with E-state index in [1.165, 1.54) is 0 Å². The molecule has 0 saturated carbocycles. The Kier molecular flexibility index (Phi) is 5.45. The second-order valence-electron chi connectivity index (χ2n) is 3.67. The van der Waals surface area contributed by atoms with E-state index < -0.39 is 53.0 Å². The Morgan fingerprint density at radius 1 is 1.00 bits per heavy atom. The molecule has 0 aromatic heterocycles. The van der Waals surface area contributed by atoms with E-state index in [0.29, 0.717) is 6.07 Å². The van der Waals surface area contributed by atoms with Crippen LogP contribution in [0.2, 0.25) is 0 Å². The van der Waals surface area contributed by atoms with Crippen molar-refractivity contribution in [3.63, 3.8) is 0 Å². The predicted octanol–water partition coefficient (Wildman–Crippen LogP) is 3.15. The highest BCUT2D eigenvalue weighted by molar-refractivity contribution is 7.79. The van der Waals surface area contributed by atoms with Crippen LogP contribution in [0.25, 0.3) is 0 Å². The maximum absolute atomic E-state index is 12.0. The third kappa shape index (κ3) is 6.67.